The molecule has 0 radical (unpaired) electrons. The molecule has 0 spiro atoms. The average molecular weight is 329 g/mol. The van der Waals surface area contributed by atoms with Gasteiger partial charge in [-0.15, -0.1) is 0 Å². The summed E-state index contributed by atoms with van der Waals surface area (Å²) in [7, 11) is 0. The predicted molar refractivity (Wildman–Crippen MR) is 97.6 cm³/mol. The van der Waals surface area contributed by atoms with Crippen molar-refractivity contribution >= 4 is 5.91 Å². The number of carbonyl (C=O) groups excluding carboxylic acids is 1. The maximum Gasteiger partial charge on any atom is 0.239 e. The normalized spacial score (nSPS) is 22.3. The summed E-state index contributed by atoms with van der Waals surface area (Å²) in [5.74, 6) is 0.622. The number of primary amides is 1. The lowest BCUT2D eigenvalue weighted by Crippen LogP contribution is -2.47. The summed E-state index contributed by atoms with van der Waals surface area (Å²) >= 11 is 0. The first-order chi connectivity index (χ1) is 11.7. The molecule has 1 aromatic rings. The molecule has 1 saturated carbocycles. The number of nitrogens with one attached hydrogen (secondary N) is 1. The number of hydrogen-bond donors (Lipinski definition) is 2. The van der Waals surface area contributed by atoms with Gasteiger partial charge in [-0.3, -0.25) is 10.1 Å². The van der Waals surface area contributed by atoms with E-state index in [0.717, 1.165) is 37.4 Å². The van der Waals surface area contributed by atoms with E-state index in [2.05, 4.69) is 10.2 Å². The van der Waals surface area contributed by atoms with Gasteiger partial charge in [0.1, 0.15) is 6.04 Å². The van der Waals surface area contributed by atoms with Gasteiger partial charge in [-0.05, 0) is 50.3 Å². The molecule has 4 heteroatoms. The van der Waals surface area contributed by atoms with E-state index in [1.807, 2.05) is 30.3 Å². The molecule has 0 bridgehead atoms. The van der Waals surface area contributed by atoms with E-state index in [0.29, 0.717) is 6.04 Å². The molecule has 24 heavy (non-hydrogen) atoms. The van der Waals surface area contributed by atoms with Gasteiger partial charge in [-0.1, -0.05) is 49.6 Å². The number of rotatable bonds is 6. The summed E-state index contributed by atoms with van der Waals surface area (Å²) in [4.78, 5) is 14.5. The molecule has 3 N–H and O–H groups in total. The Kier molecular flexibility index (Phi) is 6.27. The fraction of sp³-hybridized carbons (Fsp3) is 0.650. The van der Waals surface area contributed by atoms with E-state index in [9.17, 15) is 4.79 Å². The minimum absolute atomic E-state index is 0.286. The molecule has 1 aliphatic carbocycles. The van der Waals surface area contributed by atoms with Crippen LogP contribution in [0.25, 0.3) is 0 Å². The monoisotopic (exact) mass is 329 g/mol. The van der Waals surface area contributed by atoms with Crippen LogP contribution in [-0.4, -0.2) is 36.5 Å². The first kappa shape index (κ1) is 17.4. The lowest BCUT2D eigenvalue weighted by Gasteiger charge is -2.36. The summed E-state index contributed by atoms with van der Waals surface area (Å²) in [6.07, 6.45) is 9.29. The van der Waals surface area contributed by atoms with Gasteiger partial charge in [0.25, 0.3) is 0 Å². The first-order valence-electron chi connectivity index (χ1n) is 9.55. The van der Waals surface area contributed by atoms with Crippen LogP contribution in [0.1, 0.15) is 56.6 Å². The highest BCUT2D eigenvalue weighted by Gasteiger charge is 2.26. The Balaban J connectivity index is 1.48. The standard InChI is InChI=1S/C20H31N3O/c21-20(24)19(17-9-5-2-6-10-17)22-18-11-13-23(14-12-18)15-16-7-3-1-4-8-16/h2,5-6,9-10,16,18-19,22H,1,3-4,7-8,11-15H2,(H2,21,24)/t19-/m0/s1. The SMILES string of the molecule is NC(=O)[C@@H](NC1CCN(CC2CCCCC2)CC1)c1ccccc1. The van der Waals surface area contributed by atoms with Crippen molar-refractivity contribution in [2.24, 2.45) is 11.7 Å². The molecule has 1 aromatic carbocycles. The maximum absolute atomic E-state index is 11.8. The summed E-state index contributed by atoms with van der Waals surface area (Å²) in [6, 6.07) is 9.83. The Morgan fingerprint density at radius 3 is 2.38 bits per heavy atom. The summed E-state index contributed by atoms with van der Waals surface area (Å²) in [5, 5.41) is 3.49. The third-order valence-corrected chi connectivity index (χ3v) is 5.65. The van der Waals surface area contributed by atoms with Crippen molar-refractivity contribution in [3.8, 4) is 0 Å². The van der Waals surface area contributed by atoms with Crippen molar-refractivity contribution in [1.29, 1.82) is 0 Å². The fourth-order valence-corrected chi connectivity index (χ4v) is 4.24. The van der Waals surface area contributed by atoms with Crippen LogP contribution in [0.2, 0.25) is 0 Å². The number of carbonyl (C=O) groups is 1. The van der Waals surface area contributed by atoms with Crippen molar-refractivity contribution in [3.63, 3.8) is 0 Å². The zero-order valence-electron chi connectivity index (χ0n) is 14.6. The second-order valence-electron chi connectivity index (χ2n) is 7.49. The molecule has 4 nitrogen and oxygen atoms in total. The van der Waals surface area contributed by atoms with Crippen LogP contribution in [0.5, 0.6) is 0 Å². The van der Waals surface area contributed by atoms with Crippen molar-refractivity contribution in [3.05, 3.63) is 35.9 Å². The Morgan fingerprint density at radius 2 is 1.75 bits per heavy atom. The zero-order chi connectivity index (χ0) is 16.8. The number of benzene rings is 1. The van der Waals surface area contributed by atoms with Crippen LogP contribution in [0.15, 0.2) is 30.3 Å². The van der Waals surface area contributed by atoms with Gasteiger partial charge < -0.3 is 10.6 Å². The highest BCUT2D eigenvalue weighted by atomic mass is 16.1. The first-order valence-corrected chi connectivity index (χ1v) is 9.55. The van der Waals surface area contributed by atoms with Crippen molar-refractivity contribution < 1.29 is 4.79 Å². The second kappa shape index (κ2) is 8.63. The molecule has 1 heterocycles. The highest BCUT2D eigenvalue weighted by molar-refractivity contribution is 5.81. The third kappa shape index (κ3) is 4.81. The highest BCUT2D eigenvalue weighted by Crippen LogP contribution is 2.26. The van der Waals surface area contributed by atoms with Crippen LogP contribution in [0, 0.1) is 5.92 Å². The molecular weight excluding hydrogens is 298 g/mol. The van der Waals surface area contributed by atoms with Gasteiger partial charge in [0.05, 0.1) is 0 Å². The van der Waals surface area contributed by atoms with Gasteiger partial charge in [0.2, 0.25) is 5.91 Å². The van der Waals surface area contributed by atoms with Gasteiger partial charge in [0.15, 0.2) is 0 Å². The van der Waals surface area contributed by atoms with Gasteiger partial charge in [-0.25, -0.2) is 0 Å². The van der Waals surface area contributed by atoms with Crippen LogP contribution in [0.3, 0.4) is 0 Å². The fourth-order valence-electron chi connectivity index (χ4n) is 4.24. The number of hydrogen-bond acceptors (Lipinski definition) is 3. The lowest BCUT2D eigenvalue weighted by atomic mass is 9.88. The van der Waals surface area contributed by atoms with Crippen LogP contribution in [0.4, 0.5) is 0 Å². The molecule has 0 aromatic heterocycles. The van der Waals surface area contributed by atoms with E-state index in [1.165, 1.54) is 38.6 Å². The van der Waals surface area contributed by atoms with Crippen molar-refractivity contribution in [1.82, 2.24) is 10.2 Å². The molecule has 3 rings (SSSR count). The minimum atomic E-state index is -0.374. The Bertz CT molecular complexity index is 505. The van der Waals surface area contributed by atoms with Crippen LogP contribution in [-0.2, 0) is 4.79 Å². The second-order valence-corrected chi connectivity index (χ2v) is 7.49. The van der Waals surface area contributed by atoms with Crippen molar-refractivity contribution in [2.75, 3.05) is 19.6 Å². The zero-order valence-corrected chi connectivity index (χ0v) is 14.6. The summed E-state index contributed by atoms with van der Waals surface area (Å²) in [5.41, 5.74) is 6.59. The van der Waals surface area contributed by atoms with Gasteiger partial charge in [0, 0.05) is 12.6 Å². The Morgan fingerprint density at radius 1 is 1.08 bits per heavy atom. The number of nitrogens with two attached hydrogens (primary N) is 1. The van der Waals surface area contributed by atoms with Gasteiger partial charge in [-0.2, -0.15) is 0 Å². The molecule has 2 fully saturated rings. The summed E-state index contributed by atoms with van der Waals surface area (Å²) < 4.78 is 0. The lowest BCUT2D eigenvalue weighted by molar-refractivity contribution is -0.120. The van der Waals surface area contributed by atoms with E-state index < -0.39 is 0 Å². The van der Waals surface area contributed by atoms with E-state index in [4.69, 9.17) is 5.73 Å². The van der Waals surface area contributed by atoms with Crippen molar-refractivity contribution in [2.45, 2.75) is 57.0 Å². The third-order valence-electron chi connectivity index (χ3n) is 5.65. The molecule has 2 aliphatic rings. The molecule has 1 atom stereocenters. The molecule has 1 amide bonds. The molecule has 1 aliphatic heterocycles. The van der Waals surface area contributed by atoms with Gasteiger partial charge >= 0.3 is 0 Å². The Hall–Kier alpha value is -1.39. The van der Waals surface area contributed by atoms with E-state index >= 15 is 0 Å². The number of nitrogens with zero attached hydrogens (tertiary/aromatic N) is 1. The quantitative estimate of drug-likeness (QED) is 0.844. The molecule has 1 saturated heterocycles. The molecular formula is C20H31N3O. The van der Waals surface area contributed by atoms with Crippen LogP contribution >= 0.6 is 0 Å². The predicted octanol–water partition coefficient (Wildman–Crippen LogP) is 2.85. The number of piperidine rings is 1. The molecule has 132 valence electrons. The smallest absolute Gasteiger partial charge is 0.239 e. The van der Waals surface area contributed by atoms with E-state index in [1.54, 1.807) is 0 Å². The van der Waals surface area contributed by atoms with E-state index in [-0.39, 0.29) is 11.9 Å². The largest absolute Gasteiger partial charge is 0.368 e. The Labute approximate surface area is 145 Å². The topological polar surface area (TPSA) is 58.4 Å². The minimum Gasteiger partial charge on any atom is -0.368 e. The molecule has 0 unspecified atom stereocenters. The summed E-state index contributed by atoms with van der Waals surface area (Å²) in [6.45, 7) is 3.54. The van der Waals surface area contributed by atoms with Crippen LogP contribution < -0.4 is 11.1 Å². The number of likely N-dealkylation sites (tertiary alicyclic amines) is 1. The maximum atomic E-state index is 11.8. The average Bonchev–Trinajstić information content (AvgIpc) is 2.62. The number of amides is 1.